The summed E-state index contributed by atoms with van der Waals surface area (Å²) in [5.74, 6) is -0.592. The fourth-order valence-corrected chi connectivity index (χ4v) is 3.24. The van der Waals surface area contributed by atoms with Gasteiger partial charge in [0.25, 0.3) is 5.91 Å². The first-order chi connectivity index (χ1) is 13.2. The molecule has 0 aromatic heterocycles. The first-order valence-corrected chi connectivity index (χ1v) is 9.04. The van der Waals surface area contributed by atoms with Crippen molar-refractivity contribution in [2.75, 3.05) is 42.9 Å². The molecule has 2 aromatic carbocycles. The topological polar surface area (TPSA) is 36.8 Å². The van der Waals surface area contributed by atoms with E-state index in [1.807, 2.05) is 4.90 Å². The van der Waals surface area contributed by atoms with Gasteiger partial charge >= 0.3 is 6.18 Å². The minimum Gasteiger partial charge on any atom is -0.360 e. The van der Waals surface area contributed by atoms with Crippen LogP contribution in [0.2, 0.25) is 0 Å². The third-order valence-corrected chi connectivity index (χ3v) is 4.88. The average molecular weight is 396 g/mol. The molecule has 0 aliphatic carbocycles. The molecular weight excluding hydrogens is 374 g/mol. The molecule has 1 fully saturated rings. The van der Waals surface area contributed by atoms with Gasteiger partial charge in [-0.3, -0.25) is 4.79 Å². The Hall–Kier alpha value is -2.61. The molecule has 2 aromatic rings. The maximum absolute atomic E-state index is 13.6. The fourth-order valence-electron chi connectivity index (χ4n) is 3.24. The van der Waals surface area contributed by atoms with E-state index in [0.717, 1.165) is 17.0 Å². The van der Waals surface area contributed by atoms with E-state index in [4.69, 9.17) is 0 Å². The van der Waals surface area contributed by atoms with Gasteiger partial charge in [0.2, 0.25) is 0 Å². The Morgan fingerprint density at radius 1 is 1.14 bits per heavy atom. The van der Waals surface area contributed by atoms with Gasteiger partial charge in [0, 0.05) is 11.4 Å². The Balaban J connectivity index is 1.52. The summed E-state index contributed by atoms with van der Waals surface area (Å²) in [5.41, 5.74) is 0.794. The van der Waals surface area contributed by atoms with Gasteiger partial charge in [0.15, 0.2) is 6.54 Å². The van der Waals surface area contributed by atoms with Gasteiger partial charge in [-0.2, -0.15) is 13.2 Å². The van der Waals surface area contributed by atoms with Crippen molar-refractivity contribution in [1.29, 1.82) is 0 Å². The number of quaternary nitrogens is 1. The van der Waals surface area contributed by atoms with Gasteiger partial charge in [-0.1, -0.05) is 12.1 Å². The van der Waals surface area contributed by atoms with Crippen molar-refractivity contribution in [1.82, 2.24) is 0 Å². The zero-order valence-electron chi connectivity index (χ0n) is 15.4. The zero-order chi connectivity index (χ0) is 20.3. The van der Waals surface area contributed by atoms with Gasteiger partial charge in [-0.25, -0.2) is 4.39 Å². The summed E-state index contributed by atoms with van der Waals surface area (Å²) in [4.78, 5) is 15.1. The van der Waals surface area contributed by atoms with Crippen molar-refractivity contribution in [3.05, 3.63) is 59.4 Å². The summed E-state index contributed by atoms with van der Waals surface area (Å²) in [6.45, 7) is 4.25. The van der Waals surface area contributed by atoms with E-state index >= 15 is 0 Å². The van der Waals surface area contributed by atoms with Gasteiger partial charge in [0.05, 0.1) is 31.7 Å². The van der Waals surface area contributed by atoms with Gasteiger partial charge < -0.3 is 15.1 Å². The highest BCUT2D eigenvalue weighted by atomic mass is 19.4. The van der Waals surface area contributed by atoms with Crippen LogP contribution in [0.5, 0.6) is 0 Å². The van der Waals surface area contributed by atoms with E-state index < -0.39 is 11.7 Å². The van der Waals surface area contributed by atoms with Crippen LogP contribution in [0.25, 0.3) is 0 Å². The maximum Gasteiger partial charge on any atom is 0.416 e. The molecule has 28 heavy (non-hydrogen) atoms. The normalized spacial score (nSPS) is 15.5. The molecule has 1 heterocycles. The first-order valence-electron chi connectivity index (χ1n) is 9.04. The van der Waals surface area contributed by atoms with Crippen LogP contribution in [-0.2, 0) is 11.0 Å². The quantitative estimate of drug-likeness (QED) is 0.780. The minimum atomic E-state index is -4.36. The number of amides is 1. The lowest BCUT2D eigenvalue weighted by molar-refractivity contribution is -0.892. The minimum absolute atomic E-state index is 0.217. The summed E-state index contributed by atoms with van der Waals surface area (Å²) in [5, 5.41) is 2.69. The lowest BCUT2D eigenvalue weighted by Gasteiger charge is -2.33. The summed E-state index contributed by atoms with van der Waals surface area (Å²) in [7, 11) is 0. The summed E-state index contributed by atoms with van der Waals surface area (Å²) in [6.07, 6.45) is -4.36. The van der Waals surface area contributed by atoms with E-state index in [9.17, 15) is 22.4 Å². The Morgan fingerprint density at radius 2 is 1.86 bits per heavy atom. The molecule has 0 radical (unpaired) electrons. The van der Waals surface area contributed by atoms with Crippen LogP contribution in [0.4, 0.5) is 28.9 Å². The molecule has 0 bridgehead atoms. The molecule has 3 rings (SSSR count). The van der Waals surface area contributed by atoms with Crippen molar-refractivity contribution in [3.8, 4) is 0 Å². The predicted octanol–water partition coefficient (Wildman–Crippen LogP) is 2.50. The second-order valence-electron chi connectivity index (χ2n) is 6.97. The van der Waals surface area contributed by atoms with Crippen molar-refractivity contribution >= 4 is 17.3 Å². The molecule has 150 valence electrons. The number of anilines is 2. The van der Waals surface area contributed by atoms with Crippen LogP contribution in [0, 0.1) is 12.7 Å². The summed E-state index contributed by atoms with van der Waals surface area (Å²) in [6, 6.07) is 9.83. The lowest BCUT2D eigenvalue weighted by Crippen LogP contribution is -3.15. The van der Waals surface area contributed by atoms with Crippen LogP contribution in [-0.4, -0.2) is 38.6 Å². The smallest absolute Gasteiger partial charge is 0.360 e. The van der Waals surface area contributed by atoms with Gasteiger partial charge in [-0.05, 0) is 42.8 Å². The lowest BCUT2D eigenvalue weighted by atomic mass is 10.1. The molecule has 1 amide bonds. The molecule has 4 nitrogen and oxygen atoms in total. The number of piperazine rings is 1. The Morgan fingerprint density at radius 3 is 2.50 bits per heavy atom. The van der Waals surface area contributed by atoms with Crippen molar-refractivity contribution in [3.63, 3.8) is 0 Å². The van der Waals surface area contributed by atoms with Crippen LogP contribution in [0.1, 0.15) is 11.1 Å². The third-order valence-electron chi connectivity index (χ3n) is 4.88. The number of rotatable bonds is 4. The van der Waals surface area contributed by atoms with Crippen molar-refractivity contribution < 1.29 is 27.3 Å². The number of alkyl halides is 3. The van der Waals surface area contributed by atoms with Crippen LogP contribution < -0.4 is 15.1 Å². The number of aryl methyl sites for hydroxylation is 1. The maximum atomic E-state index is 13.6. The summed E-state index contributed by atoms with van der Waals surface area (Å²) < 4.78 is 52.2. The molecule has 0 unspecified atom stereocenters. The molecule has 0 saturated carbocycles. The van der Waals surface area contributed by atoms with Crippen molar-refractivity contribution in [2.24, 2.45) is 0 Å². The largest absolute Gasteiger partial charge is 0.416 e. The monoisotopic (exact) mass is 396 g/mol. The Labute approximate surface area is 160 Å². The second-order valence-corrected chi connectivity index (χ2v) is 6.97. The van der Waals surface area contributed by atoms with Crippen molar-refractivity contribution in [2.45, 2.75) is 13.1 Å². The fraction of sp³-hybridized carbons (Fsp3) is 0.350. The Kier molecular flexibility index (Phi) is 5.88. The highest BCUT2D eigenvalue weighted by Gasteiger charge is 2.31. The summed E-state index contributed by atoms with van der Waals surface area (Å²) >= 11 is 0. The molecule has 0 spiro atoms. The molecule has 1 aliphatic heterocycles. The Bertz CT molecular complexity index is 846. The van der Waals surface area contributed by atoms with Gasteiger partial charge in [-0.15, -0.1) is 0 Å². The molecule has 2 N–H and O–H groups in total. The number of nitrogens with one attached hydrogen (secondary N) is 2. The average Bonchev–Trinajstić information content (AvgIpc) is 2.65. The molecule has 1 saturated heterocycles. The number of hydrogen-bond donors (Lipinski definition) is 2. The third kappa shape index (κ3) is 5.01. The van der Waals surface area contributed by atoms with E-state index in [-0.39, 0.29) is 18.3 Å². The van der Waals surface area contributed by atoms with E-state index in [0.29, 0.717) is 43.1 Å². The molecule has 1 aliphatic rings. The number of carbonyl (C=O) groups is 1. The SMILES string of the molecule is Cc1ccc(NC(=O)C[NH+]2CCN(c3cccc(C(F)(F)F)c3)CC2)cc1F. The second kappa shape index (κ2) is 8.18. The molecular formula is C20H22F4N3O+. The van der Waals surface area contributed by atoms with Crippen LogP contribution in [0.3, 0.4) is 0 Å². The molecule has 0 atom stereocenters. The number of nitrogens with zero attached hydrogens (tertiary/aromatic N) is 1. The van der Waals surface area contributed by atoms with E-state index in [1.54, 1.807) is 25.1 Å². The zero-order valence-corrected chi connectivity index (χ0v) is 15.4. The number of benzene rings is 2. The number of hydrogen-bond acceptors (Lipinski definition) is 2. The highest BCUT2D eigenvalue weighted by molar-refractivity contribution is 5.91. The van der Waals surface area contributed by atoms with Gasteiger partial charge in [0.1, 0.15) is 5.82 Å². The standard InChI is InChI=1S/C20H21F4N3O/c1-14-5-6-16(12-18(14)21)25-19(28)13-26-7-9-27(10-8-26)17-4-2-3-15(11-17)20(22,23)24/h2-6,11-12H,7-10,13H2,1H3,(H,25,28)/p+1. The molecule has 8 heteroatoms. The van der Waals surface area contributed by atoms with E-state index in [1.165, 1.54) is 12.1 Å². The van der Waals surface area contributed by atoms with E-state index in [2.05, 4.69) is 5.32 Å². The van der Waals surface area contributed by atoms with Crippen LogP contribution >= 0.6 is 0 Å². The highest BCUT2D eigenvalue weighted by Crippen LogP contribution is 2.31. The number of halogens is 4. The first kappa shape index (κ1) is 20.1. The number of carbonyl (C=O) groups excluding carboxylic acids is 1. The van der Waals surface area contributed by atoms with Crippen LogP contribution in [0.15, 0.2) is 42.5 Å². The predicted molar refractivity (Wildman–Crippen MR) is 99.0 cm³/mol.